The number of nitrogens with one attached hydrogen (secondary N) is 2. The van der Waals surface area contributed by atoms with E-state index >= 15 is 0 Å². The summed E-state index contributed by atoms with van der Waals surface area (Å²) in [5.41, 5.74) is -0.336. The maximum Gasteiger partial charge on any atom is 0.250 e. The van der Waals surface area contributed by atoms with E-state index in [-0.39, 0.29) is 17.6 Å². The Morgan fingerprint density at radius 2 is 2.40 bits per heavy atom. The first-order chi connectivity index (χ1) is 7.05. The van der Waals surface area contributed by atoms with Gasteiger partial charge in [0.2, 0.25) is 0 Å². The third-order valence-corrected chi connectivity index (χ3v) is 2.46. The van der Waals surface area contributed by atoms with Gasteiger partial charge >= 0.3 is 0 Å². The summed E-state index contributed by atoms with van der Waals surface area (Å²) in [6, 6.07) is 0. The van der Waals surface area contributed by atoms with Crippen LogP contribution < -0.4 is 10.6 Å². The summed E-state index contributed by atoms with van der Waals surface area (Å²) in [4.78, 5) is 11.6. The normalized spacial score (nSPS) is 22.5. The van der Waals surface area contributed by atoms with Crippen molar-refractivity contribution in [2.45, 2.75) is 25.6 Å². The van der Waals surface area contributed by atoms with Crippen LogP contribution in [-0.2, 0) is 14.3 Å². The molecule has 1 amide bonds. The molecule has 0 saturated carbocycles. The molecule has 1 aliphatic heterocycles. The van der Waals surface area contributed by atoms with E-state index in [1.54, 1.807) is 7.11 Å². The summed E-state index contributed by atoms with van der Waals surface area (Å²) in [7, 11) is 1.63. The molecule has 1 rings (SSSR count). The summed E-state index contributed by atoms with van der Waals surface area (Å²) < 4.78 is 10.5. The molecule has 0 spiro atoms. The van der Waals surface area contributed by atoms with Crippen LogP contribution in [0, 0.1) is 0 Å². The van der Waals surface area contributed by atoms with Crippen molar-refractivity contribution in [3.63, 3.8) is 0 Å². The third-order valence-electron chi connectivity index (χ3n) is 2.46. The fourth-order valence-corrected chi connectivity index (χ4v) is 1.22. The monoisotopic (exact) mass is 216 g/mol. The first kappa shape index (κ1) is 12.4. The van der Waals surface area contributed by atoms with Crippen LogP contribution in [0.1, 0.15) is 13.8 Å². The van der Waals surface area contributed by atoms with Crippen LogP contribution in [0.25, 0.3) is 0 Å². The number of methoxy groups -OCH3 is 1. The molecule has 0 radical (unpaired) electrons. The Kier molecular flexibility index (Phi) is 4.50. The molecule has 0 aromatic heterocycles. The average molecular weight is 216 g/mol. The molecule has 1 aliphatic rings. The molecule has 0 aromatic rings. The van der Waals surface area contributed by atoms with Gasteiger partial charge in [0.25, 0.3) is 5.91 Å². The Hall–Kier alpha value is -0.650. The van der Waals surface area contributed by atoms with Gasteiger partial charge in [-0.1, -0.05) is 0 Å². The second-order valence-corrected chi connectivity index (χ2v) is 4.25. The zero-order valence-electron chi connectivity index (χ0n) is 9.63. The van der Waals surface area contributed by atoms with E-state index in [1.807, 2.05) is 13.8 Å². The lowest BCUT2D eigenvalue weighted by molar-refractivity contribution is -0.135. The largest absolute Gasteiger partial charge is 0.377 e. The van der Waals surface area contributed by atoms with Crippen molar-refractivity contribution < 1.29 is 14.3 Å². The molecule has 0 aliphatic carbocycles. The van der Waals surface area contributed by atoms with Crippen molar-refractivity contribution >= 4 is 5.91 Å². The van der Waals surface area contributed by atoms with E-state index in [2.05, 4.69) is 10.6 Å². The summed E-state index contributed by atoms with van der Waals surface area (Å²) in [5, 5.41) is 5.92. The number of ether oxygens (including phenoxy) is 2. The van der Waals surface area contributed by atoms with E-state index in [1.165, 1.54) is 0 Å². The van der Waals surface area contributed by atoms with E-state index in [9.17, 15) is 4.79 Å². The van der Waals surface area contributed by atoms with Crippen molar-refractivity contribution in [2.75, 3.05) is 33.4 Å². The smallest absolute Gasteiger partial charge is 0.250 e. The van der Waals surface area contributed by atoms with E-state index in [0.29, 0.717) is 19.7 Å². The van der Waals surface area contributed by atoms with Crippen LogP contribution in [0.2, 0.25) is 0 Å². The predicted octanol–water partition coefficient (Wildman–Crippen LogP) is -0.484. The maximum atomic E-state index is 11.6. The highest BCUT2D eigenvalue weighted by Crippen LogP contribution is 2.05. The number of hydrogen-bond acceptors (Lipinski definition) is 4. The van der Waals surface area contributed by atoms with Crippen LogP contribution in [0.15, 0.2) is 0 Å². The minimum Gasteiger partial charge on any atom is -0.377 e. The summed E-state index contributed by atoms with van der Waals surface area (Å²) in [5.74, 6) is -0.0766. The van der Waals surface area contributed by atoms with Gasteiger partial charge in [-0.25, -0.2) is 0 Å². The Balaban J connectivity index is 2.28. The van der Waals surface area contributed by atoms with Crippen molar-refractivity contribution in [3.8, 4) is 0 Å². The molecule has 0 unspecified atom stereocenters. The molecule has 1 fully saturated rings. The molecule has 2 N–H and O–H groups in total. The quantitative estimate of drug-likeness (QED) is 0.666. The Labute approximate surface area is 90.5 Å². The summed E-state index contributed by atoms with van der Waals surface area (Å²) in [6.45, 7) is 6.32. The number of rotatable bonds is 4. The van der Waals surface area contributed by atoms with Crippen molar-refractivity contribution in [2.24, 2.45) is 0 Å². The molecule has 88 valence electrons. The lowest BCUT2D eigenvalue weighted by Crippen LogP contribution is -2.50. The standard InChI is InChI=1S/C10H20N2O3/c1-10(2,14-3)7-12-9(13)8-6-11-4-5-15-8/h8,11H,4-7H2,1-3H3,(H,12,13)/t8-/m1/s1. The number of hydrogen-bond donors (Lipinski definition) is 2. The molecule has 0 bridgehead atoms. The fourth-order valence-electron chi connectivity index (χ4n) is 1.22. The first-order valence-electron chi connectivity index (χ1n) is 5.20. The lowest BCUT2D eigenvalue weighted by Gasteiger charge is -2.26. The van der Waals surface area contributed by atoms with Gasteiger partial charge in [0.15, 0.2) is 0 Å². The highest BCUT2D eigenvalue weighted by atomic mass is 16.5. The summed E-state index contributed by atoms with van der Waals surface area (Å²) in [6.07, 6.45) is -0.369. The number of carbonyl (C=O) groups is 1. The Bertz CT molecular complexity index is 213. The van der Waals surface area contributed by atoms with Crippen LogP contribution in [0.5, 0.6) is 0 Å². The van der Waals surface area contributed by atoms with Gasteiger partial charge in [0.05, 0.1) is 12.2 Å². The van der Waals surface area contributed by atoms with Gasteiger partial charge in [-0.15, -0.1) is 0 Å². The first-order valence-corrected chi connectivity index (χ1v) is 5.20. The Morgan fingerprint density at radius 3 is 2.93 bits per heavy atom. The highest BCUT2D eigenvalue weighted by molar-refractivity contribution is 5.81. The van der Waals surface area contributed by atoms with Gasteiger partial charge in [0, 0.05) is 26.7 Å². The SMILES string of the molecule is COC(C)(C)CNC(=O)[C@H]1CNCCO1. The van der Waals surface area contributed by atoms with Crippen molar-refractivity contribution in [1.29, 1.82) is 0 Å². The zero-order chi connectivity index (χ0) is 11.3. The molecule has 1 heterocycles. The fraction of sp³-hybridized carbons (Fsp3) is 0.900. The minimum atomic E-state index is -0.369. The summed E-state index contributed by atoms with van der Waals surface area (Å²) >= 11 is 0. The number of carbonyl (C=O) groups excluding carboxylic acids is 1. The minimum absolute atomic E-state index is 0.0766. The van der Waals surface area contributed by atoms with E-state index in [0.717, 1.165) is 6.54 Å². The third kappa shape index (κ3) is 4.15. The van der Waals surface area contributed by atoms with Crippen LogP contribution in [0.4, 0.5) is 0 Å². The van der Waals surface area contributed by atoms with Crippen LogP contribution in [0.3, 0.4) is 0 Å². The molecule has 1 atom stereocenters. The zero-order valence-corrected chi connectivity index (χ0v) is 9.63. The van der Waals surface area contributed by atoms with Gasteiger partial charge in [-0.3, -0.25) is 4.79 Å². The van der Waals surface area contributed by atoms with Gasteiger partial charge in [-0.2, -0.15) is 0 Å². The topological polar surface area (TPSA) is 59.6 Å². The van der Waals surface area contributed by atoms with E-state index < -0.39 is 0 Å². The number of morpholine rings is 1. The lowest BCUT2D eigenvalue weighted by atomic mass is 10.1. The molecule has 1 saturated heterocycles. The van der Waals surface area contributed by atoms with Gasteiger partial charge < -0.3 is 20.1 Å². The maximum absolute atomic E-state index is 11.6. The van der Waals surface area contributed by atoms with Crippen molar-refractivity contribution in [1.82, 2.24) is 10.6 Å². The molecule has 0 aromatic carbocycles. The number of amides is 1. The van der Waals surface area contributed by atoms with Crippen LogP contribution in [-0.4, -0.2) is 51.0 Å². The van der Waals surface area contributed by atoms with Gasteiger partial charge in [-0.05, 0) is 13.8 Å². The van der Waals surface area contributed by atoms with Crippen LogP contribution >= 0.6 is 0 Å². The van der Waals surface area contributed by atoms with E-state index in [4.69, 9.17) is 9.47 Å². The molecular weight excluding hydrogens is 196 g/mol. The second-order valence-electron chi connectivity index (χ2n) is 4.25. The molecule has 5 heteroatoms. The van der Waals surface area contributed by atoms with Gasteiger partial charge in [0.1, 0.15) is 6.10 Å². The molecule has 15 heavy (non-hydrogen) atoms. The van der Waals surface area contributed by atoms with Crippen molar-refractivity contribution in [3.05, 3.63) is 0 Å². The second kappa shape index (κ2) is 5.44. The predicted molar refractivity (Wildman–Crippen MR) is 56.7 cm³/mol. The molecular formula is C10H20N2O3. The molecule has 5 nitrogen and oxygen atoms in total. The Morgan fingerprint density at radius 1 is 1.67 bits per heavy atom. The average Bonchev–Trinajstić information content (AvgIpc) is 2.27. The highest BCUT2D eigenvalue weighted by Gasteiger charge is 2.24.